The van der Waals surface area contributed by atoms with Crippen molar-refractivity contribution in [2.24, 2.45) is 5.73 Å². The average molecular weight is 333 g/mol. The maximum Gasteiger partial charge on any atom is 0.237 e. The van der Waals surface area contributed by atoms with Crippen LogP contribution < -0.4 is 11.1 Å². The van der Waals surface area contributed by atoms with E-state index in [9.17, 15) is 4.79 Å². The minimum Gasteiger partial charge on any atom is -0.375 e. The van der Waals surface area contributed by atoms with Crippen molar-refractivity contribution < 1.29 is 9.53 Å². The molecular formula is C15H25ClN2O2S. The van der Waals surface area contributed by atoms with Crippen molar-refractivity contribution in [3.63, 3.8) is 0 Å². The number of amides is 1. The van der Waals surface area contributed by atoms with Crippen LogP contribution in [0.15, 0.2) is 30.3 Å². The van der Waals surface area contributed by atoms with E-state index in [2.05, 4.69) is 5.32 Å². The number of nitrogens with one attached hydrogen (secondary N) is 1. The number of halogens is 1. The summed E-state index contributed by atoms with van der Waals surface area (Å²) in [6.45, 7) is 2.96. The van der Waals surface area contributed by atoms with E-state index >= 15 is 0 Å². The molecule has 0 spiro atoms. The Morgan fingerprint density at radius 2 is 2.05 bits per heavy atom. The molecule has 6 heteroatoms. The highest BCUT2D eigenvalue weighted by Crippen LogP contribution is 2.02. The quantitative estimate of drug-likeness (QED) is 0.727. The Balaban J connectivity index is 0.00000400. The van der Waals surface area contributed by atoms with Gasteiger partial charge in [0.05, 0.1) is 19.3 Å². The summed E-state index contributed by atoms with van der Waals surface area (Å²) >= 11 is 1.69. The van der Waals surface area contributed by atoms with E-state index in [1.807, 2.05) is 43.5 Å². The largest absolute Gasteiger partial charge is 0.375 e. The molecule has 21 heavy (non-hydrogen) atoms. The predicted octanol–water partition coefficient (Wildman–Crippen LogP) is 2.21. The smallest absolute Gasteiger partial charge is 0.237 e. The van der Waals surface area contributed by atoms with Crippen molar-refractivity contribution in [1.29, 1.82) is 0 Å². The van der Waals surface area contributed by atoms with Gasteiger partial charge in [0, 0.05) is 6.04 Å². The molecule has 1 aromatic rings. The van der Waals surface area contributed by atoms with Crippen molar-refractivity contribution in [3.8, 4) is 0 Å². The van der Waals surface area contributed by atoms with Gasteiger partial charge >= 0.3 is 0 Å². The Bertz CT molecular complexity index is 393. The normalized spacial score (nSPS) is 13.1. The molecule has 1 aromatic carbocycles. The number of nitrogens with two attached hydrogens (primary N) is 1. The molecule has 0 bridgehead atoms. The number of carbonyl (C=O) groups is 1. The average Bonchev–Trinajstić information content (AvgIpc) is 2.45. The second-order valence-corrected chi connectivity index (χ2v) is 5.78. The molecule has 1 rings (SSSR count). The van der Waals surface area contributed by atoms with Gasteiger partial charge < -0.3 is 15.8 Å². The summed E-state index contributed by atoms with van der Waals surface area (Å²) in [5.41, 5.74) is 6.93. The zero-order chi connectivity index (χ0) is 14.8. The Labute approximate surface area is 137 Å². The van der Waals surface area contributed by atoms with Crippen molar-refractivity contribution in [2.75, 3.05) is 18.6 Å². The first-order chi connectivity index (χ1) is 9.63. The van der Waals surface area contributed by atoms with Gasteiger partial charge in [-0.05, 0) is 30.9 Å². The van der Waals surface area contributed by atoms with E-state index < -0.39 is 6.04 Å². The fourth-order valence-corrected chi connectivity index (χ4v) is 2.18. The summed E-state index contributed by atoms with van der Waals surface area (Å²) in [6, 6.07) is 9.50. The topological polar surface area (TPSA) is 64.4 Å². The number of rotatable bonds is 9. The van der Waals surface area contributed by atoms with Gasteiger partial charge in [-0.3, -0.25) is 4.79 Å². The van der Waals surface area contributed by atoms with Crippen LogP contribution in [-0.4, -0.2) is 36.6 Å². The van der Waals surface area contributed by atoms with Crippen LogP contribution in [0, 0.1) is 0 Å². The molecule has 0 aliphatic heterocycles. The van der Waals surface area contributed by atoms with Crippen molar-refractivity contribution in [1.82, 2.24) is 5.32 Å². The molecule has 4 nitrogen and oxygen atoms in total. The second-order valence-electron chi connectivity index (χ2n) is 4.80. The Morgan fingerprint density at radius 3 is 2.67 bits per heavy atom. The zero-order valence-electron chi connectivity index (χ0n) is 12.6. The molecule has 0 radical (unpaired) electrons. The fourth-order valence-electron chi connectivity index (χ4n) is 1.70. The van der Waals surface area contributed by atoms with E-state index in [-0.39, 0.29) is 24.4 Å². The predicted molar refractivity (Wildman–Crippen MR) is 91.9 cm³/mol. The molecule has 1 unspecified atom stereocenters. The summed E-state index contributed by atoms with van der Waals surface area (Å²) in [5, 5.41) is 2.88. The molecule has 1 amide bonds. The van der Waals surface area contributed by atoms with Crippen LogP contribution in [0.2, 0.25) is 0 Å². The Kier molecular flexibility index (Phi) is 11.4. The van der Waals surface area contributed by atoms with E-state index in [1.165, 1.54) is 0 Å². The van der Waals surface area contributed by atoms with Crippen LogP contribution in [0.3, 0.4) is 0 Å². The minimum absolute atomic E-state index is 0. The van der Waals surface area contributed by atoms with Crippen LogP contribution in [0.1, 0.15) is 18.9 Å². The van der Waals surface area contributed by atoms with E-state index in [0.29, 0.717) is 19.6 Å². The third-order valence-corrected chi connectivity index (χ3v) is 3.48. The van der Waals surface area contributed by atoms with Crippen LogP contribution in [0.5, 0.6) is 0 Å². The highest BCUT2D eigenvalue weighted by Gasteiger charge is 2.15. The number of thioether (sulfide) groups is 1. The lowest BCUT2D eigenvalue weighted by molar-refractivity contribution is -0.123. The first-order valence-electron chi connectivity index (χ1n) is 6.80. The highest BCUT2D eigenvalue weighted by molar-refractivity contribution is 7.98. The fraction of sp³-hybridized carbons (Fsp3) is 0.533. The molecule has 0 saturated carbocycles. The van der Waals surface area contributed by atoms with Gasteiger partial charge in [0.25, 0.3) is 0 Å². The third kappa shape index (κ3) is 8.98. The van der Waals surface area contributed by atoms with Gasteiger partial charge in [0.2, 0.25) is 5.91 Å². The van der Waals surface area contributed by atoms with Crippen molar-refractivity contribution >= 4 is 30.1 Å². The van der Waals surface area contributed by atoms with Crippen molar-refractivity contribution in [2.45, 2.75) is 32.0 Å². The van der Waals surface area contributed by atoms with Crippen LogP contribution >= 0.6 is 24.2 Å². The highest BCUT2D eigenvalue weighted by atomic mass is 35.5. The van der Waals surface area contributed by atoms with Crippen LogP contribution in [-0.2, 0) is 16.1 Å². The molecule has 0 aliphatic rings. The number of ether oxygens (including phenoxy) is 1. The molecule has 0 fully saturated rings. The van der Waals surface area contributed by atoms with Gasteiger partial charge in [-0.25, -0.2) is 0 Å². The Morgan fingerprint density at radius 1 is 1.38 bits per heavy atom. The summed E-state index contributed by atoms with van der Waals surface area (Å²) in [4.78, 5) is 11.8. The molecule has 3 N–H and O–H groups in total. The number of carbonyl (C=O) groups excluding carboxylic acids is 1. The summed E-state index contributed by atoms with van der Waals surface area (Å²) < 4.78 is 5.58. The summed E-state index contributed by atoms with van der Waals surface area (Å²) in [5.74, 6) is 0.794. The van der Waals surface area contributed by atoms with Gasteiger partial charge in [0.15, 0.2) is 0 Å². The van der Waals surface area contributed by atoms with Gasteiger partial charge in [0.1, 0.15) is 0 Å². The molecule has 0 saturated heterocycles. The molecule has 0 aromatic heterocycles. The van der Waals surface area contributed by atoms with Crippen LogP contribution in [0.25, 0.3) is 0 Å². The SMILES string of the molecule is CSCC[C@H](N)C(=O)NC(C)COCc1ccccc1.Cl. The lowest BCUT2D eigenvalue weighted by atomic mass is 10.2. The van der Waals surface area contributed by atoms with E-state index in [0.717, 1.165) is 11.3 Å². The maximum atomic E-state index is 11.8. The molecular weight excluding hydrogens is 308 g/mol. The Hall–Kier alpha value is -0.750. The van der Waals surface area contributed by atoms with Gasteiger partial charge in [-0.2, -0.15) is 11.8 Å². The first kappa shape index (κ1) is 20.2. The van der Waals surface area contributed by atoms with E-state index in [4.69, 9.17) is 10.5 Å². The van der Waals surface area contributed by atoms with Crippen molar-refractivity contribution in [3.05, 3.63) is 35.9 Å². The lowest BCUT2D eigenvalue weighted by Gasteiger charge is -2.17. The number of benzene rings is 1. The zero-order valence-corrected chi connectivity index (χ0v) is 14.2. The standard InChI is InChI=1S/C15H24N2O2S.ClH/c1-12(17-15(18)14(16)8-9-20-2)10-19-11-13-6-4-3-5-7-13;/h3-7,12,14H,8-11,16H2,1-2H3,(H,17,18);1H/t12?,14-;/m0./s1. The third-order valence-electron chi connectivity index (χ3n) is 2.84. The minimum atomic E-state index is -0.431. The monoisotopic (exact) mass is 332 g/mol. The number of hydrogen-bond donors (Lipinski definition) is 2. The number of hydrogen-bond acceptors (Lipinski definition) is 4. The summed E-state index contributed by atoms with van der Waals surface area (Å²) in [7, 11) is 0. The first-order valence-corrected chi connectivity index (χ1v) is 8.19. The summed E-state index contributed by atoms with van der Waals surface area (Å²) in [6.07, 6.45) is 2.70. The van der Waals surface area contributed by atoms with Gasteiger partial charge in [-0.1, -0.05) is 30.3 Å². The molecule has 120 valence electrons. The second kappa shape index (κ2) is 11.9. The van der Waals surface area contributed by atoms with Crippen LogP contribution in [0.4, 0.5) is 0 Å². The lowest BCUT2D eigenvalue weighted by Crippen LogP contribution is -2.46. The van der Waals surface area contributed by atoms with E-state index in [1.54, 1.807) is 11.8 Å². The maximum absolute atomic E-state index is 11.8. The molecule has 2 atom stereocenters. The van der Waals surface area contributed by atoms with Gasteiger partial charge in [-0.15, -0.1) is 12.4 Å². The molecule has 0 aliphatic carbocycles. The molecule has 0 heterocycles.